The van der Waals surface area contributed by atoms with Gasteiger partial charge in [-0.25, -0.2) is 9.59 Å². The minimum Gasteiger partial charge on any atom is -0.476 e. The van der Waals surface area contributed by atoms with Crippen molar-refractivity contribution in [2.75, 3.05) is 18.1 Å². The molecule has 0 aliphatic carbocycles. The van der Waals surface area contributed by atoms with Gasteiger partial charge in [0.25, 0.3) is 5.91 Å². The van der Waals surface area contributed by atoms with Gasteiger partial charge in [0.05, 0.1) is 13.2 Å². The second kappa shape index (κ2) is 10.1. The Balaban J connectivity index is 1.78. The van der Waals surface area contributed by atoms with Gasteiger partial charge in [-0.1, -0.05) is 18.2 Å². The van der Waals surface area contributed by atoms with E-state index in [-0.39, 0.29) is 25.4 Å². The minimum atomic E-state index is -4.88. The average molecular weight is 508 g/mol. The van der Waals surface area contributed by atoms with Crippen molar-refractivity contribution in [1.29, 1.82) is 0 Å². The van der Waals surface area contributed by atoms with E-state index in [1.54, 1.807) is 46.8 Å². The van der Waals surface area contributed by atoms with Crippen LogP contribution in [-0.4, -0.2) is 47.9 Å². The molecule has 3 amide bonds. The molecule has 8 nitrogen and oxygen atoms in total. The van der Waals surface area contributed by atoms with E-state index in [0.717, 1.165) is 21.9 Å². The first-order chi connectivity index (χ1) is 16.7. The molecular weight excluding hydrogens is 481 g/mol. The number of alkyl halides is 3. The maximum atomic E-state index is 13.0. The van der Waals surface area contributed by atoms with Crippen LogP contribution in [-0.2, 0) is 20.9 Å². The van der Waals surface area contributed by atoms with Crippen molar-refractivity contribution in [2.45, 2.75) is 53.1 Å². The standard InChI is InChI=1S/C25H27F3N2O6/c1-6-34-22(32)24(4,5)36-21-15(2)10-17(11-16(21)3)13-30-20(31)14-29(23(30)33)18-8-7-9-19(12-18)35-25(26,27)28/h7-12H,6,13-14H2,1-5H3. The SMILES string of the molecule is CCOC(=O)C(C)(C)Oc1c(C)cc(CN2C(=O)CN(c3cccc(OC(F)(F)F)c3)C2=O)cc1C. The highest BCUT2D eigenvalue weighted by atomic mass is 19.4. The third kappa shape index (κ3) is 6.07. The van der Waals surface area contributed by atoms with Crippen LogP contribution < -0.4 is 14.4 Å². The first kappa shape index (κ1) is 26.8. The average Bonchev–Trinajstić information content (AvgIpc) is 3.04. The highest BCUT2D eigenvalue weighted by molar-refractivity contribution is 6.12. The van der Waals surface area contributed by atoms with Crippen molar-refractivity contribution in [3.8, 4) is 11.5 Å². The fourth-order valence-electron chi connectivity index (χ4n) is 3.82. The van der Waals surface area contributed by atoms with Crippen LogP contribution in [0, 0.1) is 13.8 Å². The van der Waals surface area contributed by atoms with E-state index in [1.807, 2.05) is 0 Å². The molecule has 36 heavy (non-hydrogen) atoms. The zero-order chi connectivity index (χ0) is 26.8. The maximum Gasteiger partial charge on any atom is 0.573 e. The summed E-state index contributed by atoms with van der Waals surface area (Å²) in [7, 11) is 0. The highest BCUT2D eigenvalue weighted by Gasteiger charge is 2.38. The molecule has 1 saturated heterocycles. The number of halogens is 3. The lowest BCUT2D eigenvalue weighted by atomic mass is 10.0. The summed E-state index contributed by atoms with van der Waals surface area (Å²) in [5.41, 5.74) is 0.906. The first-order valence-electron chi connectivity index (χ1n) is 11.2. The molecule has 1 aliphatic heterocycles. The van der Waals surface area contributed by atoms with Gasteiger partial charge in [-0.2, -0.15) is 0 Å². The van der Waals surface area contributed by atoms with Gasteiger partial charge in [0, 0.05) is 11.8 Å². The van der Waals surface area contributed by atoms with Crippen LogP contribution >= 0.6 is 0 Å². The number of benzene rings is 2. The van der Waals surface area contributed by atoms with Crippen molar-refractivity contribution >= 4 is 23.6 Å². The van der Waals surface area contributed by atoms with Crippen LogP contribution in [0.3, 0.4) is 0 Å². The third-order valence-corrected chi connectivity index (χ3v) is 5.40. The van der Waals surface area contributed by atoms with Gasteiger partial charge in [0.1, 0.15) is 18.0 Å². The Labute approximate surface area is 206 Å². The van der Waals surface area contributed by atoms with Crippen molar-refractivity contribution in [3.05, 3.63) is 53.1 Å². The summed E-state index contributed by atoms with van der Waals surface area (Å²) < 4.78 is 52.6. The Bertz CT molecular complexity index is 1160. The maximum absolute atomic E-state index is 13.0. The molecule has 0 spiro atoms. The molecule has 1 aliphatic rings. The molecule has 3 rings (SSSR count). The van der Waals surface area contributed by atoms with Gasteiger partial charge < -0.3 is 14.2 Å². The van der Waals surface area contributed by atoms with Crippen LogP contribution in [0.4, 0.5) is 23.7 Å². The van der Waals surface area contributed by atoms with Crippen molar-refractivity contribution in [1.82, 2.24) is 4.90 Å². The lowest BCUT2D eigenvalue weighted by molar-refractivity contribution is -0.274. The van der Waals surface area contributed by atoms with E-state index in [9.17, 15) is 27.6 Å². The van der Waals surface area contributed by atoms with Gasteiger partial charge in [0.15, 0.2) is 5.60 Å². The number of amides is 3. The number of carbonyl (C=O) groups is 3. The van der Waals surface area contributed by atoms with E-state index in [1.165, 1.54) is 12.1 Å². The monoisotopic (exact) mass is 508 g/mol. The smallest absolute Gasteiger partial charge is 0.476 e. The zero-order valence-electron chi connectivity index (χ0n) is 20.6. The number of ether oxygens (including phenoxy) is 3. The molecule has 0 aromatic heterocycles. The van der Waals surface area contributed by atoms with E-state index in [2.05, 4.69) is 4.74 Å². The normalized spacial score (nSPS) is 14.3. The molecule has 0 radical (unpaired) electrons. The van der Waals surface area contributed by atoms with E-state index in [0.29, 0.717) is 22.4 Å². The summed E-state index contributed by atoms with van der Waals surface area (Å²) >= 11 is 0. The van der Waals surface area contributed by atoms with E-state index >= 15 is 0 Å². The van der Waals surface area contributed by atoms with Gasteiger partial charge in [-0.15, -0.1) is 13.2 Å². The molecular formula is C25H27F3N2O6. The molecule has 0 bridgehead atoms. The van der Waals surface area contributed by atoms with Crippen LogP contribution in [0.2, 0.25) is 0 Å². The molecule has 2 aromatic rings. The molecule has 0 unspecified atom stereocenters. The Morgan fingerprint density at radius 1 is 1.03 bits per heavy atom. The number of nitrogens with zero attached hydrogens (tertiary/aromatic N) is 2. The van der Waals surface area contributed by atoms with Crippen molar-refractivity contribution < 1.29 is 41.8 Å². The Morgan fingerprint density at radius 3 is 2.25 bits per heavy atom. The van der Waals surface area contributed by atoms with Gasteiger partial charge in [-0.05, 0) is 63.4 Å². The Morgan fingerprint density at radius 2 is 1.67 bits per heavy atom. The molecule has 0 atom stereocenters. The van der Waals surface area contributed by atoms with E-state index in [4.69, 9.17) is 9.47 Å². The number of hydrogen-bond acceptors (Lipinski definition) is 6. The molecule has 0 saturated carbocycles. The van der Waals surface area contributed by atoms with Gasteiger partial charge in [-0.3, -0.25) is 14.6 Å². The zero-order valence-corrected chi connectivity index (χ0v) is 20.6. The van der Waals surface area contributed by atoms with Crippen LogP contribution in [0.1, 0.15) is 37.5 Å². The number of rotatable bonds is 8. The summed E-state index contributed by atoms with van der Waals surface area (Å²) in [6, 6.07) is 7.70. The summed E-state index contributed by atoms with van der Waals surface area (Å²) in [5.74, 6) is -1.02. The van der Waals surface area contributed by atoms with Crippen molar-refractivity contribution in [3.63, 3.8) is 0 Å². The Kier molecular flexibility index (Phi) is 7.51. The second-order valence-corrected chi connectivity index (χ2v) is 8.79. The topological polar surface area (TPSA) is 85.4 Å². The number of carbonyl (C=O) groups excluding carboxylic acids is 3. The summed E-state index contributed by atoms with van der Waals surface area (Å²) in [6.45, 7) is 8.31. The van der Waals surface area contributed by atoms with Crippen LogP contribution in [0.5, 0.6) is 11.5 Å². The highest BCUT2D eigenvalue weighted by Crippen LogP contribution is 2.32. The number of imide groups is 1. The predicted molar refractivity (Wildman–Crippen MR) is 124 cm³/mol. The largest absolute Gasteiger partial charge is 0.573 e. The predicted octanol–water partition coefficient (Wildman–Crippen LogP) is 4.89. The number of esters is 1. The summed E-state index contributed by atoms with van der Waals surface area (Å²) in [6.07, 6.45) is -4.88. The third-order valence-electron chi connectivity index (χ3n) is 5.40. The number of anilines is 1. The van der Waals surface area contributed by atoms with Gasteiger partial charge in [0.2, 0.25) is 0 Å². The van der Waals surface area contributed by atoms with Crippen LogP contribution in [0.15, 0.2) is 36.4 Å². The second-order valence-electron chi connectivity index (χ2n) is 8.79. The van der Waals surface area contributed by atoms with Crippen molar-refractivity contribution in [2.24, 2.45) is 0 Å². The lowest BCUT2D eigenvalue weighted by Crippen LogP contribution is -2.40. The molecule has 1 heterocycles. The first-order valence-corrected chi connectivity index (χ1v) is 11.2. The molecule has 194 valence electrons. The Hall–Kier alpha value is -3.76. The molecule has 11 heteroatoms. The fourth-order valence-corrected chi connectivity index (χ4v) is 3.82. The lowest BCUT2D eigenvalue weighted by Gasteiger charge is -2.26. The summed E-state index contributed by atoms with van der Waals surface area (Å²) in [5, 5.41) is 0. The quantitative estimate of drug-likeness (QED) is 0.373. The number of urea groups is 1. The van der Waals surface area contributed by atoms with E-state index < -0.39 is 35.6 Å². The number of hydrogen-bond donors (Lipinski definition) is 0. The molecule has 1 fully saturated rings. The van der Waals surface area contributed by atoms with Crippen LogP contribution in [0.25, 0.3) is 0 Å². The fraction of sp³-hybridized carbons (Fsp3) is 0.400. The summed E-state index contributed by atoms with van der Waals surface area (Å²) in [4.78, 5) is 39.9. The molecule has 2 aromatic carbocycles. The van der Waals surface area contributed by atoms with Gasteiger partial charge >= 0.3 is 18.4 Å². The number of aryl methyl sites for hydroxylation is 2. The molecule has 0 N–H and O–H groups in total. The minimum absolute atomic E-state index is 0.0455.